The predicted molar refractivity (Wildman–Crippen MR) is 112 cm³/mol. The highest BCUT2D eigenvalue weighted by atomic mass is 32.1. The molecular weight excluding hydrogens is 488 g/mol. The van der Waals surface area contributed by atoms with E-state index in [0.717, 1.165) is 17.4 Å². The molecule has 1 aliphatic heterocycles. The van der Waals surface area contributed by atoms with Crippen LogP contribution in [-0.2, 0) is 17.5 Å². The van der Waals surface area contributed by atoms with Gasteiger partial charge in [0.25, 0.3) is 5.91 Å². The van der Waals surface area contributed by atoms with Crippen LogP contribution in [0.4, 0.5) is 32.0 Å². The number of amides is 1. The van der Waals surface area contributed by atoms with Crippen LogP contribution in [0.1, 0.15) is 38.2 Å². The maximum atomic E-state index is 13.2. The van der Waals surface area contributed by atoms with Gasteiger partial charge in [0, 0.05) is 10.9 Å². The van der Waals surface area contributed by atoms with E-state index < -0.39 is 36.7 Å². The Kier molecular flexibility index (Phi) is 6.10. The number of hydrogen-bond acceptors (Lipinski definition) is 6. The number of aryl methyl sites for hydroxylation is 1. The number of alkyl halides is 6. The smallest absolute Gasteiger partial charge is 0.433 e. The van der Waals surface area contributed by atoms with Gasteiger partial charge < -0.3 is 20.1 Å². The van der Waals surface area contributed by atoms with Crippen LogP contribution in [0, 0.1) is 6.92 Å². The number of thiophene rings is 1. The molecule has 0 saturated carbocycles. The molecule has 0 bridgehead atoms. The second kappa shape index (κ2) is 8.62. The fourth-order valence-corrected chi connectivity index (χ4v) is 4.75. The number of hydrogen-bond donors (Lipinski definition) is 2. The van der Waals surface area contributed by atoms with Crippen LogP contribution in [0.15, 0.2) is 24.3 Å². The van der Waals surface area contributed by atoms with Crippen molar-refractivity contribution in [3.8, 4) is 5.75 Å². The first-order valence-electron chi connectivity index (χ1n) is 9.77. The molecule has 13 heteroatoms. The average molecular weight is 505 g/mol. The molecule has 182 valence electrons. The van der Waals surface area contributed by atoms with E-state index in [4.69, 9.17) is 9.47 Å². The minimum Gasteiger partial charge on any atom is -0.496 e. The highest BCUT2D eigenvalue weighted by molar-refractivity contribution is 7.21. The number of anilines is 1. The molecule has 2 N–H and O–H groups in total. The number of benzene rings is 1. The highest BCUT2D eigenvalue weighted by Gasteiger charge is 2.36. The van der Waals surface area contributed by atoms with Gasteiger partial charge in [-0.2, -0.15) is 26.3 Å². The van der Waals surface area contributed by atoms with E-state index in [2.05, 4.69) is 15.6 Å². The van der Waals surface area contributed by atoms with Gasteiger partial charge in [0.15, 0.2) is 0 Å². The lowest BCUT2D eigenvalue weighted by atomic mass is 10.0. The number of methoxy groups -OCH3 is 1. The monoisotopic (exact) mass is 505 g/mol. The molecule has 4 rings (SSSR count). The van der Waals surface area contributed by atoms with E-state index >= 15 is 0 Å². The van der Waals surface area contributed by atoms with Crippen molar-refractivity contribution in [3.05, 3.63) is 51.5 Å². The van der Waals surface area contributed by atoms with Gasteiger partial charge in [-0.25, -0.2) is 4.98 Å². The fourth-order valence-electron chi connectivity index (χ4n) is 3.64. The van der Waals surface area contributed by atoms with E-state index in [0.29, 0.717) is 33.5 Å². The van der Waals surface area contributed by atoms with E-state index in [-0.39, 0.29) is 16.3 Å². The van der Waals surface area contributed by atoms with Gasteiger partial charge in [-0.15, -0.1) is 11.3 Å². The number of carbonyl (C=O) groups is 1. The second-order valence-corrected chi connectivity index (χ2v) is 8.54. The Morgan fingerprint density at radius 1 is 1.12 bits per heavy atom. The van der Waals surface area contributed by atoms with Crippen LogP contribution < -0.4 is 15.4 Å². The third-order valence-corrected chi connectivity index (χ3v) is 6.16. The molecule has 0 aliphatic carbocycles. The van der Waals surface area contributed by atoms with Crippen LogP contribution in [0.5, 0.6) is 5.75 Å². The van der Waals surface area contributed by atoms with Gasteiger partial charge >= 0.3 is 12.4 Å². The zero-order chi connectivity index (χ0) is 24.8. The van der Waals surface area contributed by atoms with E-state index in [1.807, 2.05) is 0 Å². The molecule has 0 fully saturated rings. The summed E-state index contributed by atoms with van der Waals surface area (Å²) in [6.45, 7) is -0.318. The number of pyridine rings is 1. The molecule has 0 spiro atoms. The van der Waals surface area contributed by atoms with Crippen molar-refractivity contribution in [1.82, 2.24) is 10.3 Å². The molecule has 0 saturated heterocycles. The number of nitrogens with zero attached hydrogens (tertiary/aromatic N) is 1. The summed E-state index contributed by atoms with van der Waals surface area (Å²) in [5.41, 5.74) is 0.410. The van der Waals surface area contributed by atoms with Gasteiger partial charge in [0.1, 0.15) is 33.9 Å². The number of halogens is 6. The van der Waals surface area contributed by atoms with Gasteiger partial charge in [0.05, 0.1) is 19.4 Å². The number of aromatic nitrogens is 1. The number of ether oxygens (including phenoxy) is 2. The first kappa shape index (κ1) is 24.1. The molecule has 0 radical (unpaired) electrons. The second-order valence-electron chi connectivity index (χ2n) is 7.54. The molecule has 1 aromatic carbocycles. The number of carbonyl (C=O) groups excluding carboxylic acids is 1. The third kappa shape index (κ3) is 4.75. The van der Waals surface area contributed by atoms with Crippen molar-refractivity contribution >= 4 is 33.1 Å². The summed E-state index contributed by atoms with van der Waals surface area (Å²) in [5, 5.41) is 6.21. The van der Waals surface area contributed by atoms with Crippen molar-refractivity contribution in [2.24, 2.45) is 0 Å². The molecule has 34 heavy (non-hydrogen) atoms. The molecule has 0 unspecified atom stereocenters. The Balaban J connectivity index is 1.67. The Bertz CT molecular complexity index is 1260. The van der Waals surface area contributed by atoms with E-state index in [1.165, 1.54) is 26.2 Å². The topological polar surface area (TPSA) is 72.5 Å². The molecule has 1 atom stereocenters. The standard InChI is InChI=1S/C21H17F6N3O3S/c1-9-5-13(21(25,26)27)28-19-14(9)15-16(34-19)18(31)30-17(29-15)10-3-4-12(32-2)11(6-10)7-33-8-20(22,23)24/h3-6,17,29H,7-8H2,1-2H3,(H,30,31)/t17-/m1/s1. The zero-order valence-corrected chi connectivity index (χ0v) is 18.5. The Morgan fingerprint density at radius 3 is 2.50 bits per heavy atom. The first-order valence-corrected chi connectivity index (χ1v) is 10.6. The van der Waals surface area contributed by atoms with Crippen molar-refractivity contribution < 1.29 is 40.6 Å². The predicted octanol–water partition coefficient (Wildman–Crippen LogP) is 5.57. The maximum Gasteiger partial charge on any atom is 0.433 e. The SMILES string of the molecule is COc1ccc([C@H]2NC(=O)c3sc4nc(C(F)(F)F)cc(C)c4c3N2)cc1COCC(F)(F)F. The van der Waals surface area contributed by atoms with Crippen LogP contribution in [-0.4, -0.2) is 30.8 Å². The largest absolute Gasteiger partial charge is 0.496 e. The number of rotatable bonds is 5. The van der Waals surface area contributed by atoms with Crippen LogP contribution in [0.3, 0.4) is 0 Å². The molecule has 6 nitrogen and oxygen atoms in total. The molecule has 1 amide bonds. The summed E-state index contributed by atoms with van der Waals surface area (Å²) < 4.78 is 86.7. The minimum atomic E-state index is -4.63. The Morgan fingerprint density at radius 2 is 1.85 bits per heavy atom. The van der Waals surface area contributed by atoms with Gasteiger partial charge in [-0.1, -0.05) is 6.07 Å². The summed E-state index contributed by atoms with van der Waals surface area (Å²) in [6, 6.07) is 5.58. The Hall–Kier alpha value is -3.06. The lowest BCUT2D eigenvalue weighted by Crippen LogP contribution is -2.37. The fraction of sp³-hybridized carbons (Fsp3) is 0.333. The first-order chi connectivity index (χ1) is 15.9. The molecule has 3 heterocycles. The van der Waals surface area contributed by atoms with E-state index in [9.17, 15) is 31.1 Å². The van der Waals surface area contributed by atoms with Crippen LogP contribution >= 0.6 is 11.3 Å². The number of fused-ring (bicyclic) bond motifs is 3. The molecule has 3 aromatic rings. The van der Waals surface area contributed by atoms with Crippen molar-refractivity contribution in [2.45, 2.75) is 32.0 Å². The zero-order valence-electron chi connectivity index (χ0n) is 17.6. The van der Waals surface area contributed by atoms with Gasteiger partial charge in [-0.05, 0) is 36.2 Å². The van der Waals surface area contributed by atoms with E-state index in [1.54, 1.807) is 6.07 Å². The summed E-state index contributed by atoms with van der Waals surface area (Å²) in [6.07, 6.45) is -9.92. The lowest BCUT2D eigenvalue weighted by molar-refractivity contribution is -0.176. The summed E-state index contributed by atoms with van der Waals surface area (Å²) >= 11 is 0.840. The lowest BCUT2D eigenvalue weighted by Gasteiger charge is -2.27. The van der Waals surface area contributed by atoms with Crippen molar-refractivity contribution in [3.63, 3.8) is 0 Å². The minimum absolute atomic E-state index is 0.0663. The summed E-state index contributed by atoms with van der Waals surface area (Å²) in [7, 11) is 1.36. The van der Waals surface area contributed by atoms with Gasteiger partial charge in [0.2, 0.25) is 0 Å². The molecule has 1 aliphatic rings. The quantitative estimate of drug-likeness (QED) is 0.444. The third-order valence-electron chi connectivity index (χ3n) is 5.08. The molecule has 2 aromatic heterocycles. The van der Waals surface area contributed by atoms with Crippen molar-refractivity contribution in [1.29, 1.82) is 0 Å². The van der Waals surface area contributed by atoms with Crippen molar-refractivity contribution in [2.75, 3.05) is 19.0 Å². The average Bonchev–Trinajstić information content (AvgIpc) is 3.12. The summed E-state index contributed by atoms with van der Waals surface area (Å²) in [4.78, 5) is 16.7. The van der Waals surface area contributed by atoms with Crippen LogP contribution in [0.2, 0.25) is 0 Å². The number of nitrogens with one attached hydrogen (secondary N) is 2. The highest BCUT2D eigenvalue weighted by Crippen LogP contribution is 2.43. The summed E-state index contributed by atoms with van der Waals surface area (Å²) in [5.74, 6) is -0.213. The molecular formula is C21H17F6N3O3S. The van der Waals surface area contributed by atoms with Gasteiger partial charge in [-0.3, -0.25) is 4.79 Å². The van der Waals surface area contributed by atoms with Crippen LogP contribution in [0.25, 0.3) is 10.2 Å². The maximum absolute atomic E-state index is 13.2. The normalized spacial score (nSPS) is 16.2. The Labute approximate surface area is 192 Å².